The topological polar surface area (TPSA) is 38.2 Å². The van der Waals surface area contributed by atoms with Gasteiger partial charge < -0.3 is 9.64 Å². The number of aromatic nitrogens is 2. The molecule has 1 aromatic heterocycles. The van der Waals surface area contributed by atoms with Crippen LogP contribution in [0.25, 0.3) is 0 Å². The Morgan fingerprint density at radius 1 is 1.35 bits per heavy atom. The van der Waals surface area contributed by atoms with Crippen LogP contribution >= 0.6 is 0 Å². The van der Waals surface area contributed by atoms with E-state index in [0.717, 1.165) is 31.3 Å². The van der Waals surface area contributed by atoms with Gasteiger partial charge in [-0.2, -0.15) is 0 Å². The minimum Gasteiger partial charge on any atom is -0.371 e. The van der Waals surface area contributed by atoms with Gasteiger partial charge in [0.1, 0.15) is 0 Å². The number of anilines is 1. The maximum Gasteiger partial charge on any atom is 0.225 e. The lowest BCUT2D eigenvalue weighted by atomic mass is 10.00. The lowest BCUT2D eigenvalue weighted by Gasteiger charge is -2.40. The van der Waals surface area contributed by atoms with Crippen LogP contribution in [0.2, 0.25) is 0 Å². The largest absolute Gasteiger partial charge is 0.371 e. The van der Waals surface area contributed by atoms with Gasteiger partial charge in [0.2, 0.25) is 5.95 Å². The van der Waals surface area contributed by atoms with Crippen molar-refractivity contribution in [3.63, 3.8) is 0 Å². The number of hydrogen-bond donors (Lipinski definition) is 0. The van der Waals surface area contributed by atoms with Crippen LogP contribution in [-0.2, 0) is 4.74 Å². The fourth-order valence-electron chi connectivity index (χ4n) is 2.93. The van der Waals surface area contributed by atoms with E-state index in [-0.39, 0.29) is 5.60 Å². The highest BCUT2D eigenvalue weighted by molar-refractivity contribution is 5.32. The molecular formula is C13H19N3O. The minimum atomic E-state index is 0.0886. The van der Waals surface area contributed by atoms with Gasteiger partial charge >= 0.3 is 0 Å². The zero-order chi connectivity index (χ0) is 11.7. The van der Waals surface area contributed by atoms with Crippen molar-refractivity contribution in [3.8, 4) is 0 Å². The van der Waals surface area contributed by atoms with Gasteiger partial charge in [-0.05, 0) is 25.8 Å². The van der Waals surface area contributed by atoms with E-state index in [4.69, 9.17) is 4.74 Å². The molecule has 2 aliphatic rings. The van der Waals surface area contributed by atoms with Crippen LogP contribution in [0.4, 0.5) is 5.95 Å². The predicted molar refractivity (Wildman–Crippen MR) is 66.1 cm³/mol. The molecule has 92 valence electrons. The van der Waals surface area contributed by atoms with Crippen molar-refractivity contribution in [3.05, 3.63) is 18.0 Å². The first-order chi connectivity index (χ1) is 8.27. The van der Waals surface area contributed by atoms with Gasteiger partial charge in [-0.1, -0.05) is 12.8 Å². The lowest BCUT2D eigenvalue weighted by Crippen LogP contribution is -2.51. The van der Waals surface area contributed by atoms with Crippen LogP contribution in [0.5, 0.6) is 0 Å². The summed E-state index contributed by atoms with van der Waals surface area (Å²) >= 11 is 0. The Morgan fingerprint density at radius 3 is 2.94 bits per heavy atom. The average molecular weight is 233 g/mol. The van der Waals surface area contributed by atoms with Crippen LogP contribution in [0.15, 0.2) is 12.3 Å². The zero-order valence-electron chi connectivity index (χ0n) is 10.4. The van der Waals surface area contributed by atoms with Gasteiger partial charge in [0.25, 0.3) is 0 Å². The molecule has 0 radical (unpaired) electrons. The van der Waals surface area contributed by atoms with Crippen molar-refractivity contribution in [2.24, 2.45) is 0 Å². The Bertz CT molecular complexity index is 401. The Hall–Kier alpha value is -1.16. The molecule has 0 aromatic carbocycles. The summed E-state index contributed by atoms with van der Waals surface area (Å²) in [5.74, 6) is 0.861. The summed E-state index contributed by atoms with van der Waals surface area (Å²) in [6.07, 6.45) is 6.81. The lowest BCUT2D eigenvalue weighted by molar-refractivity contribution is -0.0505. The average Bonchev–Trinajstić information content (AvgIpc) is 2.77. The molecule has 3 rings (SSSR count). The number of ether oxygens (including phenoxy) is 1. The van der Waals surface area contributed by atoms with E-state index in [9.17, 15) is 0 Å². The van der Waals surface area contributed by atoms with E-state index in [1.807, 2.05) is 19.2 Å². The summed E-state index contributed by atoms with van der Waals surface area (Å²) in [5, 5.41) is 0. The summed E-state index contributed by atoms with van der Waals surface area (Å²) in [4.78, 5) is 11.2. The summed E-state index contributed by atoms with van der Waals surface area (Å²) < 4.78 is 6.01. The van der Waals surface area contributed by atoms with Gasteiger partial charge in [-0.3, -0.25) is 0 Å². The second kappa shape index (κ2) is 4.26. The third kappa shape index (κ3) is 2.14. The van der Waals surface area contributed by atoms with Crippen molar-refractivity contribution >= 4 is 5.95 Å². The molecule has 4 heteroatoms. The molecule has 0 bridgehead atoms. The third-order valence-corrected chi connectivity index (χ3v) is 3.83. The normalized spacial score (nSPS) is 23.2. The number of hydrogen-bond acceptors (Lipinski definition) is 4. The number of morpholine rings is 1. The van der Waals surface area contributed by atoms with E-state index < -0.39 is 0 Å². The fraction of sp³-hybridized carbons (Fsp3) is 0.692. The monoisotopic (exact) mass is 233 g/mol. The zero-order valence-corrected chi connectivity index (χ0v) is 10.4. The molecule has 0 amide bonds. The molecule has 1 aliphatic heterocycles. The summed E-state index contributed by atoms with van der Waals surface area (Å²) in [7, 11) is 0. The van der Waals surface area contributed by atoms with Crippen molar-refractivity contribution < 1.29 is 4.74 Å². The first-order valence-corrected chi connectivity index (χ1v) is 6.46. The molecular weight excluding hydrogens is 214 g/mol. The van der Waals surface area contributed by atoms with Crippen LogP contribution in [0.1, 0.15) is 31.4 Å². The van der Waals surface area contributed by atoms with Crippen molar-refractivity contribution in [1.82, 2.24) is 9.97 Å². The Labute approximate surface area is 102 Å². The number of nitrogens with zero attached hydrogens (tertiary/aromatic N) is 3. The Kier molecular flexibility index (Phi) is 2.74. The standard InChI is InChI=1S/C13H19N3O/c1-11-4-7-14-12(15-11)16-8-9-17-13(10-16)5-2-3-6-13/h4,7H,2-3,5-6,8-10H2,1H3. The molecule has 4 nitrogen and oxygen atoms in total. The van der Waals surface area contributed by atoms with Gasteiger partial charge in [0, 0.05) is 25.0 Å². The maximum atomic E-state index is 6.01. The van der Waals surface area contributed by atoms with Gasteiger partial charge in [0.05, 0.1) is 12.2 Å². The van der Waals surface area contributed by atoms with E-state index in [1.54, 1.807) is 0 Å². The first kappa shape index (κ1) is 11.0. The van der Waals surface area contributed by atoms with Crippen LogP contribution in [-0.4, -0.2) is 35.3 Å². The van der Waals surface area contributed by atoms with Crippen LogP contribution < -0.4 is 4.90 Å². The summed E-state index contributed by atoms with van der Waals surface area (Å²) in [6, 6.07) is 1.94. The molecule has 1 saturated carbocycles. The SMILES string of the molecule is Cc1ccnc(N2CCOC3(CCCC3)C2)n1. The molecule has 1 aromatic rings. The van der Waals surface area contributed by atoms with E-state index in [1.165, 1.54) is 25.7 Å². The molecule has 2 heterocycles. The summed E-state index contributed by atoms with van der Waals surface area (Å²) in [6.45, 7) is 4.68. The minimum absolute atomic E-state index is 0.0886. The van der Waals surface area contributed by atoms with Crippen molar-refractivity contribution in [1.29, 1.82) is 0 Å². The van der Waals surface area contributed by atoms with Crippen molar-refractivity contribution in [2.75, 3.05) is 24.6 Å². The second-order valence-corrected chi connectivity index (χ2v) is 5.16. The highest BCUT2D eigenvalue weighted by Crippen LogP contribution is 2.36. The molecule has 1 spiro atoms. The Morgan fingerprint density at radius 2 is 2.18 bits per heavy atom. The van der Waals surface area contributed by atoms with Gasteiger partial charge in [-0.15, -0.1) is 0 Å². The van der Waals surface area contributed by atoms with E-state index >= 15 is 0 Å². The molecule has 0 unspecified atom stereocenters. The predicted octanol–water partition coefficient (Wildman–Crippen LogP) is 1.93. The van der Waals surface area contributed by atoms with Crippen LogP contribution in [0.3, 0.4) is 0 Å². The second-order valence-electron chi connectivity index (χ2n) is 5.16. The molecule has 1 saturated heterocycles. The molecule has 2 fully saturated rings. The molecule has 0 atom stereocenters. The Balaban J connectivity index is 1.79. The smallest absolute Gasteiger partial charge is 0.225 e. The molecule has 0 N–H and O–H groups in total. The number of rotatable bonds is 1. The molecule has 1 aliphatic carbocycles. The molecule has 17 heavy (non-hydrogen) atoms. The van der Waals surface area contributed by atoms with E-state index in [0.29, 0.717) is 0 Å². The van der Waals surface area contributed by atoms with Gasteiger partial charge in [-0.25, -0.2) is 9.97 Å². The third-order valence-electron chi connectivity index (χ3n) is 3.83. The van der Waals surface area contributed by atoms with E-state index in [2.05, 4.69) is 14.9 Å². The highest BCUT2D eigenvalue weighted by atomic mass is 16.5. The van der Waals surface area contributed by atoms with Crippen LogP contribution in [0, 0.1) is 6.92 Å². The van der Waals surface area contributed by atoms with Crippen molar-refractivity contribution in [2.45, 2.75) is 38.2 Å². The maximum absolute atomic E-state index is 6.01. The fourth-order valence-corrected chi connectivity index (χ4v) is 2.93. The highest BCUT2D eigenvalue weighted by Gasteiger charge is 2.39. The summed E-state index contributed by atoms with van der Waals surface area (Å²) in [5.41, 5.74) is 1.12. The first-order valence-electron chi connectivity index (χ1n) is 6.46. The van der Waals surface area contributed by atoms with Gasteiger partial charge in [0.15, 0.2) is 0 Å². The quantitative estimate of drug-likeness (QED) is 0.743. The number of aryl methyl sites for hydroxylation is 1.